The number of likely N-dealkylation sites (N-methyl/N-ethyl adjacent to an activating group) is 1. The molecule has 2 aliphatic heterocycles. The van der Waals surface area contributed by atoms with E-state index in [0.717, 1.165) is 39.0 Å². The van der Waals surface area contributed by atoms with Crippen LogP contribution in [-0.4, -0.2) is 71.9 Å². The van der Waals surface area contributed by atoms with Crippen molar-refractivity contribution in [2.45, 2.75) is 45.1 Å². The Labute approximate surface area is 127 Å². The molecule has 0 aliphatic carbocycles. The molecular formula is C15H28N4O2. The van der Waals surface area contributed by atoms with Gasteiger partial charge in [0.1, 0.15) is 6.04 Å². The normalized spacial score (nSPS) is 23.3. The number of carbonyl (C=O) groups excluding carboxylic acids is 2. The molecule has 6 nitrogen and oxygen atoms in total. The van der Waals surface area contributed by atoms with Crippen LogP contribution in [0.5, 0.6) is 0 Å². The lowest BCUT2D eigenvalue weighted by molar-refractivity contribution is -0.135. The van der Waals surface area contributed by atoms with E-state index in [1.54, 1.807) is 0 Å². The second kappa shape index (κ2) is 7.64. The van der Waals surface area contributed by atoms with Crippen molar-refractivity contribution in [2.75, 3.05) is 39.3 Å². The zero-order valence-electron chi connectivity index (χ0n) is 13.1. The van der Waals surface area contributed by atoms with Crippen LogP contribution in [0.15, 0.2) is 0 Å². The number of amides is 3. The highest BCUT2D eigenvalue weighted by atomic mass is 16.2. The maximum absolute atomic E-state index is 12.6. The second-order valence-corrected chi connectivity index (χ2v) is 6.01. The smallest absolute Gasteiger partial charge is 0.315 e. The standard InChI is InChI=1S/C15H28N4O2/c1-2-18(12-11-17-8-4-3-5-9-17)14(20)13-7-6-10-19(13)15(16)21/h13H,2-12H2,1H3,(H2,16,21)/t13-/m1/s1. The minimum atomic E-state index is -0.474. The Bertz CT molecular complexity index is 369. The minimum absolute atomic E-state index is 0.0609. The summed E-state index contributed by atoms with van der Waals surface area (Å²) in [5, 5.41) is 0. The van der Waals surface area contributed by atoms with Gasteiger partial charge in [-0.25, -0.2) is 4.79 Å². The number of piperidine rings is 1. The van der Waals surface area contributed by atoms with Gasteiger partial charge in [-0.05, 0) is 45.7 Å². The third kappa shape index (κ3) is 4.09. The number of nitrogens with two attached hydrogens (primary N) is 1. The molecule has 120 valence electrons. The topological polar surface area (TPSA) is 69.9 Å². The molecule has 0 saturated carbocycles. The third-order valence-electron chi connectivity index (χ3n) is 4.65. The monoisotopic (exact) mass is 296 g/mol. The molecule has 0 aromatic heterocycles. The molecule has 6 heteroatoms. The molecular weight excluding hydrogens is 268 g/mol. The van der Waals surface area contributed by atoms with Crippen molar-refractivity contribution in [3.63, 3.8) is 0 Å². The summed E-state index contributed by atoms with van der Waals surface area (Å²) in [4.78, 5) is 29.8. The summed E-state index contributed by atoms with van der Waals surface area (Å²) in [5.41, 5.74) is 5.37. The quantitative estimate of drug-likeness (QED) is 0.818. The Balaban J connectivity index is 1.87. The van der Waals surface area contributed by atoms with Crippen LogP contribution < -0.4 is 5.73 Å². The van der Waals surface area contributed by atoms with Crippen molar-refractivity contribution < 1.29 is 9.59 Å². The van der Waals surface area contributed by atoms with Gasteiger partial charge in [0.05, 0.1) is 0 Å². The van der Waals surface area contributed by atoms with E-state index in [2.05, 4.69) is 4.90 Å². The van der Waals surface area contributed by atoms with E-state index >= 15 is 0 Å². The number of hydrogen-bond acceptors (Lipinski definition) is 3. The van der Waals surface area contributed by atoms with E-state index in [1.807, 2.05) is 11.8 Å². The molecule has 21 heavy (non-hydrogen) atoms. The Morgan fingerprint density at radius 2 is 1.86 bits per heavy atom. The van der Waals surface area contributed by atoms with E-state index < -0.39 is 6.03 Å². The fraction of sp³-hybridized carbons (Fsp3) is 0.867. The lowest BCUT2D eigenvalue weighted by atomic mass is 10.1. The van der Waals surface area contributed by atoms with Gasteiger partial charge < -0.3 is 20.4 Å². The average molecular weight is 296 g/mol. The number of nitrogens with zero attached hydrogens (tertiary/aromatic N) is 3. The number of likely N-dealkylation sites (tertiary alicyclic amines) is 2. The Kier molecular flexibility index (Phi) is 5.85. The fourth-order valence-corrected chi connectivity index (χ4v) is 3.37. The molecule has 0 radical (unpaired) electrons. The summed E-state index contributed by atoms with van der Waals surface area (Å²) in [6.07, 6.45) is 5.45. The first-order chi connectivity index (χ1) is 10.1. The molecule has 2 saturated heterocycles. The van der Waals surface area contributed by atoms with E-state index in [1.165, 1.54) is 24.2 Å². The van der Waals surface area contributed by atoms with Gasteiger partial charge in [-0.3, -0.25) is 4.79 Å². The molecule has 1 atom stereocenters. The predicted molar refractivity (Wildman–Crippen MR) is 81.9 cm³/mol. The van der Waals surface area contributed by atoms with Crippen molar-refractivity contribution in [1.82, 2.24) is 14.7 Å². The number of hydrogen-bond donors (Lipinski definition) is 1. The first-order valence-corrected chi connectivity index (χ1v) is 8.20. The van der Waals surface area contributed by atoms with Gasteiger partial charge in [0.2, 0.25) is 5.91 Å². The number of primary amides is 1. The summed E-state index contributed by atoms with van der Waals surface area (Å²) in [5.74, 6) is 0.0609. The summed E-state index contributed by atoms with van der Waals surface area (Å²) in [6.45, 7) is 7.26. The molecule has 0 bridgehead atoms. The number of urea groups is 1. The highest BCUT2D eigenvalue weighted by Gasteiger charge is 2.35. The summed E-state index contributed by atoms with van der Waals surface area (Å²) >= 11 is 0. The molecule has 2 rings (SSSR count). The van der Waals surface area contributed by atoms with Gasteiger partial charge in [-0.15, -0.1) is 0 Å². The molecule has 0 unspecified atom stereocenters. The molecule has 2 N–H and O–H groups in total. The Morgan fingerprint density at radius 3 is 2.48 bits per heavy atom. The van der Waals surface area contributed by atoms with E-state index in [-0.39, 0.29) is 11.9 Å². The zero-order chi connectivity index (χ0) is 15.2. The first kappa shape index (κ1) is 16.1. The van der Waals surface area contributed by atoms with Crippen LogP contribution >= 0.6 is 0 Å². The van der Waals surface area contributed by atoms with Gasteiger partial charge in [-0.1, -0.05) is 6.42 Å². The third-order valence-corrected chi connectivity index (χ3v) is 4.65. The minimum Gasteiger partial charge on any atom is -0.351 e. The zero-order valence-corrected chi connectivity index (χ0v) is 13.1. The van der Waals surface area contributed by atoms with Crippen LogP contribution in [0.4, 0.5) is 4.79 Å². The Hall–Kier alpha value is -1.30. The second-order valence-electron chi connectivity index (χ2n) is 6.01. The van der Waals surface area contributed by atoms with Crippen molar-refractivity contribution in [3.8, 4) is 0 Å². The van der Waals surface area contributed by atoms with Gasteiger partial charge >= 0.3 is 6.03 Å². The summed E-state index contributed by atoms with van der Waals surface area (Å²) in [7, 11) is 0. The molecule has 2 fully saturated rings. The maximum Gasteiger partial charge on any atom is 0.315 e. The maximum atomic E-state index is 12.6. The van der Waals surface area contributed by atoms with Crippen LogP contribution in [0, 0.1) is 0 Å². The molecule has 0 spiro atoms. The highest BCUT2D eigenvalue weighted by Crippen LogP contribution is 2.19. The van der Waals surface area contributed by atoms with Crippen molar-refractivity contribution >= 4 is 11.9 Å². The number of rotatable bonds is 5. The lowest BCUT2D eigenvalue weighted by Gasteiger charge is -2.32. The summed E-state index contributed by atoms with van der Waals surface area (Å²) in [6, 6.07) is -0.818. The highest BCUT2D eigenvalue weighted by molar-refractivity contribution is 5.87. The van der Waals surface area contributed by atoms with Gasteiger partial charge in [0.15, 0.2) is 0 Å². The van der Waals surface area contributed by atoms with E-state index in [0.29, 0.717) is 13.1 Å². The average Bonchev–Trinajstić information content (AvgIpc) is 2.98. The number of carbonyl (C=O) groups is 2. The molecule has 2 heterocycles. The predicted octanol–water partition coefficient (Wildman–Crippen LogP) is 0.864. The van der Waals surface area contributed by atoms with Crippen LogP contribution in [0.1, 0.15) is 39.0 Å². The van der Waals surface area contributed by atoms with E-state index in [9.17, 15) is 9.59 Å². The van der Waals surface area contributed by atoms with Gasteiger partial charge in [-0.2, -0.15) is 0 Å². The van der Waals surface area contributed by atoms with Crippen molar-refractivity contribution in [3.05, 3.63) is 0 Å². The fourth-order valence-electron chi connectivity index (χ4n) is 3.37. The molecule has 0 aromatic rings. The molecule has 3 amide bonds. The van der Waals surface area contributed by atoms with Crippen molar-refractivity contribution in [1.29, 1.82) is 0 Å². The van der Waals surface area contributed by atoms with E-state index in [4.69, 9.17) is 5.73 Å². The van der Waals surface area contributed by atoms with Gasteiger partial charge in [0, 0.05) is 26.2 Å². The molecule has 2 aliphatic rings. The first-order valence-electron chi connectivity index (χ1n) is 8.20. The van der Waals surface area contributed by atoms with Crippen LogP contribution in [0.2, 0.25) is 0 Å². The Morgan fingerprint density at radius 1 is 1.14 bits per heavy atom. The van der Waals surface area contributed by atoms with Crippen molar-refractivity contribution in [2.24, 2.45) is 5.73 Å². The lowest BCUT2D eigenvalue weighted by Crippen LogP contribution is -2.51. The molecule has 0 aromatic carbocycles. The summed E-state index contributed by atoms with van der Waals surface area (Å²) < 4.78 is 0. The SMILES string of the molecule is CCN(CCN1CCCCC1)C(=O)[C@H]1CCCN1C(N)=O. The van der Waals surface area contributed by atoms with Crippen LogP contribution in [-0.2, 0) is 4.79 Å². The van der Waals surface area contributed by atoms with Crippen LogP contribution in [0.25, 0.3) is 0 Å². The van der Waals surface area contributed by atoms with Gasteiger partial charge in [0.25, 0.3) is 0 Å². The largest absolute Gasteiger partial charge is 0.351 e. The van der Waals surface area contributed by atoms with Crippen LogP contribution in [0.3, 0.4) is 0 Å².